The van der Waals surface area contributed by atoms with E-state index in [4.69, 9.17) is 18.9 Å². The van der Waals surface area contributed by atoms with Crippen LogP contribution in [0, 0.1) is 5.82 Å². The van der Waals surface area contributed by atoms with Crippen molar-refractivity contribution >= 4 is 17.9 Å². The standard InChI is InChI=1S/C25H23FO7/c1-14(2)23(27)31-20-9-7-17(11-19(20)26)18-8-10-21(32-25(29)16(5)13-30-6)22(12-18)33-24(28)15(3)4/h7-12H,1,3,5,13H2,2,4,6H3. The summed E-state index contributed by atoms with van der Waals surface area (Å²) in [5.41, 5.74) is 1.13. The Balaban J connectivity index is 2.41. The Morgan fingerprint density at radius 1 is 0.758 bits per heavy atom. The highest BCUT2D eigenvalue weighted by atomic mass is 19.1. The first-order valence-electron chi connectivity index (χ1n) is 9.61. The first kappa shape index (κ1) is 25.2. The Bertz CT molecular complexity index is 1150. The van der Waals surface area contributed by atoms with Crippen molar-refractivity contribution in [2.45, 2.75) is 13.8 Å². The van der Waals surface area contributed by atoms with Crippen LogP contribution in [0.15, 0.2) is 72.9 Å². The van der Waals surface area contributed by atoms with Crippen molar-refractivity contribution in [1.29, 1.82) is 0 Å². The number of carbonyl (C=O) groups excluding carboxylic acids is 3. The Labute approximate surface area is 190 Å². The third-order valence-corrected chi connectivity index (χ3v) is 4.12. The molecule has 0 aromatic heterocycles. The normalized spacial score (nSPS) is 10.2. The van der Waals surface area contributed by atoms with Crippen molar-refractivity contribution in [3.63, 3.8) is 0 Å². The van der Waals surface area contributed by atoms with E-state index in [0.29, 0.717) is 11.1 Å². The van der Waals surface area contributed by atoms with Crippen molar-refractivity contribution in [3.05, 3.63) is 78.7 Å². The molecule has 0 unspecified atom stereocenters. The van der Waals surface area contributed by atoms with Crippen LogP contribution in [-0.2, 0) is 19.1 Å². The second kappa shape index (κ2) is 11.0. The molecule has 172 valence electrons. The van der Waals surface area contributed by atoms with Crippen molar-refractivity contribution in [3.8, 4) is 28.4 Å². The molecule has 2 aromatic rings. The van der Waals surface area contributed by atoms with Gasteiger partial charge in [0, 0.05) is 18.3 Å². The zero-order valence-corrected chi connectivity index (χ0v) is 18.5. The van der Waals surface area contributed by atoms with Gasteiger partial charge in [-0.1, -0.05) is 31.9 Å². The van der Waals surface area contributed by atoms with Gasteiger partial charge in [-0.3, -0.25) is 0 Å². The van der Waals surface area contributed by atoms with E-state index in [0.717, 1.165) is 6.07 Å². The monoisotopic (exact) mass is 454 g/mol. The largest absolute Gasteiger partial charge is 0.420 e. The van der Waals surface area contributed by atoms with E-state index in [-0.39, 0.29) is 40.6 Å². The number of hydrogen-bond donors (Lipinski definition) is 0. The van der Waals surface area contributed by atoms with Crippen molar-refractivity contribution in [2.75, 3.05) is 13.7 Å². The van der Waals surface area contributed by atoms with Gasteiger partial charge in [0.05, 0.1) is 12.2 Å². The van der Waals surface area contributed by atoms with Gasteiger partial charge >= 0.3 is 17.9 Å². The molecule has 0 spiro atoms. The summed E-state index contributed by atoms with van der Waals surface area (Å²) in [6.45, 7) is 13.4. The van der Waals surface area contributed by atoms with Crippen LogP contribution in [0.3, 0.4) is 0 Å². The van der Waals surface area contributed by atoms with Crippen LogP contribution in [0.1, 0.15) is 13.8 Å². The van der Waals surface area contributed by atoms with Crippen molar-refractivity contribution in [2.24, 2.45) is 0 Å². The summed E-state index contributed by atoms with van der Waals surface area (Å²) in [5, 5.41) is 0. The molecule has 0 aliphatic rings. The smallest absolute Gasteiger partial charge is 0.341 e. The second-order valence-electron chi connectivity index (χ2n) is 7.07. The van der Waals surface area contributed by atoms with Crippen LogP contribution < -0.4 is 14.2 Å². The maximum absolute atomic E-state index is 14.5. The highest BCUT2D eigenvalue weighted by molar-refractivity contribution is 5.92. The fraction of sp³-hybridized carbons (Fsp3) is 0.160. The lowest BCUT2D eigenvalue weighted by atomic mass is 10.0. The van der Waals surface area contributed by atoms with E-state index in [2.05, 4.69) is 19.7 Å². The van der Waals surface area contributed by atoms with Crippen LogP contribution in [0.4, 0.5) is 4.39 Å². The van der Waals surface area contributed by atoms with Gasteiger partial charge in [0.1, 0.15) is 0 Å². The fourth-order valence-electron chi connectivity index (χ4n) is 2.39. The molecule has 0 N–H and O–H groups in total. The zero-order valence-electron chi connectivity index (χ0n) is 18.5. The van der Waals surface area contributed by atoms with E-state index in [1.54, 1.807) is 0 Å². The quantitative estimate of drug-likeness (QED) is 0.312. The molecule has 2 rings (SSSR count). The molecule has 0 bridgehead atoms. The molecule has 2 aromatic carbocycles. The molecule has 0 fully saturated rings. The van der Waals surface area contributed by atoms with Gasteiger partial charge in [-0.25, -0.2) is 18.8 Å². The van der Waals surface area contributed by atoms with E-state index in [1.807, 2.05) is 0 Å². The zero-order chi connectivity index (χ0) is 24.7. The Hall–Kier alpha value is -4.04. The highest BCUT2D eigenvalue weighted by Gasteiger charge is 2.18. The molecule has 8 heteroatoms. The molecule has 0 aliphatic carbocycles. The van der Waals surface area contributed by atoms with E-state index in [9.17, 15) is 18.8 Å². The van der Waals surface area contributed by atoms with Gasteiger partial charge in [0.2, 0.25) is 0 Å². The Morgan fingerprint density at radius 3 is 1.76 bits per heavy atom. The number of rotatable bonds is 9. The predicted octanol–water partition coefficient (Wildman–Crippen LogP) is 4.56. The summed E-state index contributed by atoms with van der Waals surface area (Å²) < 4.78 is 34.9. The number of esters is 3. The first-order chi connectivity index (χ1) is 15.5. The summed E-state index contributed by atoms with van der Waals surface area (Å²) >= 11 is 0. The molecule has 0 aliphatic heterocycles. The third-order valence-electron chi connectivity index (χ3n) is 4.12. The average Bonchev–Trinajstić information content (AvgIpc) is 2.76. The topological polar surface area (TPSA) is 88.1 Å². The minimum absolute atomic E-state index is 0.0423. The van der Waals surface area contributed by atoms with Crippen LogP contribution in [0.2, 0.25) is 0 Å². The molecule has 0 radical (unpaired) electrons. The lowest BCUT2D eigenvalue weighted by Gasteiger charge is -2.13. The SMILES string of the molecule is C=C(C)C(=O)Oc1ccc(-c2ccc(OC(=O)C(=C)COC)c(OC(=O)C(=C)C)c2)cc1F. The maximum atomic E-state index is 14.5. The van der Waals surface area contributed by atoms with Crippen molar-refractivity contribution < 1.29 is 37.7 Å². The number of hydrogen-bond acceptors (Lipinski definition) is 7. The minimum Gasteiger partial charge on any atom is -0.420 e. The molecule has 33 heavy (non-hydrogen) atoms. The number of carbonyl (C=O) groups is 3. The predicted molar refractivity (Wildman–Crippen MR) is 119 cm³/mol. The van der Waals surface area contributed by atoms with Gasteiger partial charge in [0.15, 0.2) is 23.1 Å². The van der Waals surface area contributed by atoms with Crippen LogP contribution >= 0.6 is 0 Å². The summed E-state index contributed by atoms with van der Waals surface area (Å²) in [6, 6.07) is 8.27. The highest BCUT2D eigenvalue weighted by Crippen LogP contribution is 2.35. The first-order valence-corrected chi connectivity index (χ1v) is 9.61. The molecule has 0 atom stereocenters. The van der Waals surface area contributed by atoms with E-state index >= 15 is 0 Å². The average molecular weight is 454 g/mol. The molecular weight excluding hydrogens is 431 g/mol. The lowest BCUT2D eigenvalue weighted by Crippen LogP contribution is -2.15. The van der Waals surface area contributed by atoms with Gasteiger partial charge in [-0.05, 0) is 49.2 Å². The summed E-state index contributed by atoms with van der Waals surface area (Å²) in [7, 11) is 1.40. The molecule has 7 nitrogen and oxygen atoms in total. The second-order valence-corrected chi connectivity index (χ2v) is 7.07. The minimum atomic E-state index is -0.783. The maximum Gasteiger partial charge on any atom is 0.341 e. The number of benzene rings is 2. The lowest BCUT2D eigenvalue weighted by molar-refractivity contribution is -0.133. The number of halogens is 1. The van der Waals surface area contributed by atoms with Gasteiger partial charge in [-0.15, -0.1) is 0 Å². The van der Waals surface area contributed by atoms with Gasteiger partial charge in [-0.2, -0.15) is 0 Å². The van der Waals surface area contributed by atoms with Crippen LogP contribution in [-0.4, -0.2) is 31.6 Å². The number of ether oxygens (including phenoxy) is 4. The van der Waals surface area contributed by atoms with E-state index < -0.39 is 23.7 Å². The molecule has 0 saturated heterocycles. The molecule has 0 amide bonds. The summed E-state index contributed by atoms with van der Waals surface area (Å²) in [5.74, 6) is -3.45. The fourth-order valence-corrected chi connectivity index (χ4v) is 2.39. The molecule has 0 saturated carbocycles. The van der Waals surface area contributed by atoms with Gasteiger partial charge < -0.3 is 18.9 Å². The van der Waals surface area contributed by atoms with Crippen molar-refractivity contribution in [1.82, 2.24) is 0 Å². The number of methoxy groups -OCH3 is 1. The molecule has 0 heterocycles. The molecular formula is C25H23FO7. The Kier molecular flexibility index (Phi) is 8.42. The van der Waals surface area contributed by atoms with Crippen LogP contribution in [0.25, 0.3) is 11.1 Å². The summed E-state index contributed by atoms with van der Waals surface area (Å²) in [4.78, 5) is 35.9. The Morgan fingerprint density at radius 2 is 1.24 bits per heavy atom. The van der Waals surface area contributed by atoms with Gasteiger partial charge in [0.25, 0.3) is 0 Å². The van der Waals surface area contributed by atoms with E-state index in [1.165, 1.54) is 51.3 Å². The summed E-state index contributed by atoms with van der Waals surface area (Å²) in [6.07, 6.45) is 0. The third kappa shape index (κ3) is 6.72. The van der Waals surface area contributed by atoms with Crippen LogP contribution in [0.5, 0.6) is 17.2 Å².